The third-order valence-corrected chi connectivity index (χ3v) is 3.79. The summed E-state index contributed by atoms with van der Waals surface area (Å²) in [6.07, 6.45) is 6.52. The Balaban J connectivity index is 2.00. The Bertz CT molecular complexity index is 455. The van der Waals surface area contributed by atoms with Crippen LogP contribution in [0.15, 0.2) is 12.1 Å². The van der Waals surface area contributed by atoms with Crippen molar-refractivity contribution < 1.29 is 0 Å². The van der Waals surface area contributed by atoms with Gasteiger partial charge in [-0.3, -0.25) is 0 Å². The number of rotatable bonds is 3. The number of pyridine rings is 1. The molecule has 1 aliphatic carbocycles. The van der Waals surface area contributed by atoms with Gasteiger partial charge in [-0.05, 0) is 30.4 Å². The zero-order valence-corrected chi connectivity index (χ0v) is 10.9. The first-order chi connectivity index (χ1) is 8.63. The topological polar surface area (TPSA) is 74.7 Å². The van der Waals surface area contributed by atoms with Gasteiger partial charge in [-0.1, -0.05) is 26.2 Å². The number of anilines is 2. The van der Waals surface area contributed by atoms with Gasteiger partial charge in [0.25, 0.3) is 0 Å². The van der Waals surface area contributed by atoms with Gasteiger partial charge in [-0.25, -0.2) is 4.98 Å². The van der Waals surface area contributed by atoms with Gasteiger partial charge in [0.15, 0.2) is 5.69 Å². The fourth-order valence-electron chi connectivity index (χ4n) is 2.54. The predicted octanol–water partition coefficient (Wildman–Crippen LogP) is 2.92. The Morgan fingerprint density at radius 1 is 1.39 bits per heavy atom. The van der Waals surface area contributed by atoms with E-state index in [-0.39, 0.29) is 0 Å². The minimum absolute atomic E-state index is 0.300. The molecular weight excluding hydrogens is 224 g/mol. The van der Waals surface area contributed by atoms with Gasteiger partial charge in [0, 0.05) is 6.54 Å². The van der Waals surface area contributed by atoms with Crippen LogP contribution >= 0.6 is 0 Å². The van der Waals surface area contributed by atoms with Crippen molar-refractivity contribution in [1.82, 2.24) is 4.98 Å². The number of nitriles is 1. The smallest absolute Gasteiger partial charge is 0.165 e. The van der Waals surface area contributed by atoms with Crippen LogP contribution in [0.3, 0.4) is 0 Å². The summed E-state index contributed by atoms with van der Waals surface area (Å²) in [5, 5.41) is 12.2. The monoisotopic (exact) mass is 244 g/mol. The summed E-state index contributed by atoms with van der Waals surface area (Å²) in [6, 6.07) is 5.58. The molecule has 4 heteroatoms. The first kappa shape index (κ1) is 12.7. The van der Waals surface area contributed by atoms with E-state index in [1.807, 2.05) is 12.1 Å². The number of nitrogens with two attached hydrogens (primary N) is 1. The van der Waals surface area contributed by atoms with E-state index in [2.05, 4.69) is 17.2 Å². The van der Waals surface area contributed by atoms with E-state index in [4.69, 9.17) is 11.0 Å². The minimum Gasteiger partial charge on any atom is -0.396 e. The number of hydrogen-bond donors (Lipinski definition) is 2. The first-order valence-corrected chi connectivity index (χ1v) is 6.53. The van der Waals surface area contributed by atoms with Crippen molar-refractivity contribution in [3.05, 3.63) is 17.8 Å². The highest BCUT2D eigenvalue weighted by molar-refractivity contribution is 5.54. The highest BCUT2D eigenvalue weighted by Crippen LogP contribution is 2.35. The molecule has 4 nitrogen and oxygen atoms in total. The van der Waals surface area contributed by atoms with Crippen LogP contribution in [0.1, 0.15) is 44.7 Å². The summed E-state index contributed by atoms with van der Waals surface area (Å²) in [4.78, 5) is 4.21. The van der Waals surface area contributed by atoms with Crippen molar-refractivity contribution in [1.29, 1.82) is 5.26 Å². The number of nitrogens with zero attached hydrogens (tertiary/aromatic N) is 2. The fraction of sp³-hybridized carbons (Fsp3) is 0.571. The van der Waals surface area contributed by atoms with Gasteiger partial charge in [0.05, 0.1) is 5.69 Å². The quantitative estimate of drug-likeness (QED) is 0.857. The molecule has 1 aromatic rings. The van der Waals surface area contributed by atoms with E-state index in [1.54, 1.807) is 6.07 Å². The van der Waals surface area contributed by atoms with Crippen LogP contribution in [-0.4, -0.2) is 11.5 Å². The molecule has 18 heavy (non-hydrogen) atoms. The van der Waals surface area contributed by atoms with Crippen LogP contribution in [0.4, 0.5) is 11.5 Å². The van der Waals surface area contributed by atoms with E-state index in [0.717, 1.165) is 12.4 Å². The highest BCUT2D eigenvalue weighted by atomic mass is 15.0. The van der Waals surface area contributed by atoms with Gasteiger partial charge in [0.2, 0.25) is 0 Å². The molecule has 0 saturated heterocycles. The van der Waals surface area contributed by atoms with E-state index in [1.165, 1.54) is 32.1 Å². The maximum atomic E-state index is 8.89. The Labute approximate surface area is 108 Å². The average Bonchev–Trinajstić information content (AvgIpc) is 2.39. The highest BCUT2D eigenvalue weighted by Gasteiger charge is 2.26. The largest absolute Gasteiger partial charge is 0.396 e. The van der Waals surface area contributed by atoms with Gasteiger partial charge < -0.3 is 11.1 Å². The minimum atomic E-state index is 0.300. The van der Waals surface area contributed by atoms with Gasteiger partial charge in [0.1, 0.15) is 11.9 Å². The molecule has 2 rings (SSSR count). The summed E-state index contributed by atoms with van der Waals surface area (Å²) in [5.41, 5.74) is 6.74. The summed E-state index contributed by atoms with van der Waals surface area (Å²) in [7, 11) is 0. The van der Waals surface area contributed by atoms with Crippen LogP contribution in [0.5, 0.6) is 0 Å². The van der Waals surface area contributed by atoms with Crippen LogP contribution in [0.25, 0.3) is 0 Å². The van der Waals surface area contributed by atoms with Crippen molar-refractivity contribution in [2.24, 2.45) is 5.41 Å². The maximum absolute atomic E-state index is 8.89. The van der Waals surface area contributed by atoms with Crippen molar-refractivity contribution in [2.75, 3.05) is 17.6 Å². The molecule has 1 heterocycles. The van der Waals surface area contributed by atoms with E-state index < -0.39 is 0 Å². The molecule has 0 aliphatic heterocycles. The molecule has 0 unspecified atom stereocenters. The second-order valence-corrected chi connectivity index (χ2v) is 5.47. The van der Waals surface area contributed by atoms with Gasteiger partial charge >= 0.3 is 0 Å². The molecule has 1 aromatic heterocycles. The summed E-state index contributed by atoms with van der Waals surface area (Å²) < 4.78 is 0. The second kappa shape index (κ2) is 5.26. The molecule has 0 bridgehead atoms. The van der Waals surface area contributed by atoms with E-state index in [9.17, 15) is 0 Å². The first-order valence-electron chi connectivity index (χ1n) is 6.53. The standard InChI is InChI=1S/C14H20N4/c1-14(7-3-2-4-8-14)10-17-13-6-5-11(16)12(9-15)18-13/h5-6H,2-4,7-8,10,16H2,1H3,(H,17,18). The number of nitrogen functional groups attached to an aromatic ring is 1. The summed E-state index contributed by atoms with van der Waals surface area (Å²) in [6.45, 7) is 3.23. The lowest BCUT2D eigenvalue weighted by molar-refractivity contribution is 0.233. The molecular formula is C14H20N4. The summed E-state index contributed by atoms with van der Waals surface area (Å²) in [5.74, 6) is 0.743. The van der Waals surface area contributed by atoms with E-state index in [0.29, 0.717) is 16.8 Å². The number of hydrogen-bond acceptors (Lipinski definition) is 4. The molecule has 96 valence electrons. The molecule has 0 amide bonds. The molecule has 0 radical (unpaired) electrons. The van der Waals surface area contributed by atoms with Gasteiger partial charge in [-0.2, -0.15) is 5.26 Å². The van der Waals surface area contributed by atoms with Crippen LogP contribution in [0.2, 0.25) is 0 Å². The molecule has 1 fully saturated rings. The summed E-state index contributed by atoms with van der Waals surface area (Å²) >= 11 is 0. The molecule has 1 aliphatic rings. The van der Waals surface area contributed by atoms with Crippen molar-refractivity contribution >= 4 is 11.5 Å². The van der Waals surface area contributed by atoms with E-state index >= 15 is 0 Å². The fourth-order valence-corrected chi connectivity index (χ4v) is 2.54. The second-order valence-electron chi connectivity index (χ2n) is 5.47. The number of nitrogens with one attached hydrogen (secondary N) is 1. The predicted molar refractivity (Wildman–Crippen MR) is 73.0 cm³/mol. The van der Waals surface area contributed by atoms with Crippen molar-refractivity contribution in [3.63, 3.8) is 0 Å². The normalized spacial score (nSPS) is 18.0. The van der Waals surface area contributed by atoms with Crippen LogP contribution < -0.4 is 11.1 Å². The third-order valence-electron chi connectivity index (χ3n) is 3.79. The lowest BCUT2D eigenvalue weighted by atomic mass is 9.76. The molecule has 0 spiro atoms. The maximum Gasteiger partial charge on any atom is 0.165 e. The lowest BCUT2D eigenvalue weighted by Crippen LogP contribution is -2.29. The van der Waals surface area contributed by atoms with Crippen LogP contribution in [0, 0.1) is 16.7 Å². The van der Waals surface area contributed by atoms with Gasteiger partial charge in [-0.15, -0.1) is 0 Å². The molecule has 1 saturated carbocycles. The zero-order valence-electron chi connectivity index (χ0n) is 10.9. The van der Waals surface area contributed by atoms with Crippen molar-refractivity contribution in [3.8, 4) is 6.07 Å². The number of aromatic nitrogens is 1. The Morgan fingerprint density at radius 3 is 2.78 bits per heavy atom. The van der Waals surface area contributed by atoms with Crippen LogP contribution in [-0.2, 0) is 0 Å². The average molecular weight is 244 g/mol. The Morgan fingerprint density at radius 2 is 2.11 bits per heavy atom. The Kier molecular flexibility index (Phi) is 3.71. The third kappa shape index (κ3) is 2.92. The molecule has 0 aromatic carbocycles. The Hall–Kier alpha value is -1.76. The molecule has 3 N–H and O–H groups in total. The SMILES string of the molecule is CC1(CNc2ccc(N)c(C#N)n2)CCCCC1. The zero-order chi connectivity index (χ0) is 13.0. The lowest BCUT2D eigenvalue weighted by Gasteiger charge is -2.33. The molecule has 0 atom stereocenters. The van der Waals surface area contributed by atoms with Crippen molar-refractivity contribution in [2.45, 2.75) is 39.0 Å².